The molecule has 0 saturated carbocycles. The minimum absolute atomic E-state index is 0.183. The van der Waals surface area contributed by atoms with E-state index < -0.39 is 11.9 Å². The van der Waals surface area contributed by atoms with Gasteiger partial charge in [0.15, 0.2) is 12.4 Å². The summed E-state index contributed by atoms with van der Waals surface area (Å²) >= 11 is 6.83. The Labute approximate surface area is 209 Å². The van der Waals surface area contributed by atoms with E-state index in [1.54, 1.807) is 30.3 Å². The van der Waals surface area contributed by atoms with Gasteiger partial charge in [-0.3, -0.25) is 4.79 Å². The molecule has 0 fully saturated rings. The van der Waals surface area contributed by atoms with E-state index in [0.717, 1.165) is 21.2 Å². The van der Waals surface area contributed by atoms with E-state index in [9.17, 15) is 9.59 Å². The van der Waals surface area contributed by atoms with E-state index in [1.807, 2.05) is 45.0 Å². The van der Waals surface area contributed by atoms with Gasteiger partial charge >= 0.3 is 5.97 Å². The van der Waals surface area contributed by atoms with Gasteiger partial charge in [-0.15, -0.1) is 0 Å². The highest BCUT2D eigenvalue weighted by Crippen LogP contribution is 2.32. The summed E-state index contributed by atoms with van der Waals surface area (Å²) in [5, 5.41) is 3.99. The molecular weight excluding hydrogens is 552 g/mol. The van der Waals surface area contributed by atoms with Gasteiger partial charge in [-0.2, -0.15) is 5.10 Å². The number of rotatable bonds is 7. The average molecular weight is 574 g/mol. The zero-order chi connectivity index (χ0) is 24.0. The Morgan fingerprint density at radius 3 is 2.52 bits per heavy atom. The molecule has 1 N–H and O–H groups in total. The number of halogens is 2. The van der Waals surface area contributed by atoms with Gasteiger partial charge in [0.2, 0.25) is 0 Å². The van der Waals surface area contributed by atoms with Gasteiger partial charge in [0.05, 0.1) is 16.3 Å². The fraction of sp³-hybridized carbons (Fsp3) is 0.160. The number of hydrazone groups is 1. The molecule has 33 heavy (non-hydrogen) atoms. The largest absolute Gasteiger partial charge is 0.484 e. The summed E-state index contributed by atoms with van der Waals surface area (Å²) in [7, 11) is 0. The minimum atomic E-state index is -0.498. The Balaban J connectivity index is 1.67. The lowest BCUT2D eigenvalue weighted by atomic mass is 10.1. The lowest BCUT2D eigenvalue weighted by Crippen LogP contribution is -2.24. The van der Waals surface area contributed by atoms with Crippen LogP contribution in [-0.4, -0.2) is 24.7 Å². The van der Waals surface area contributed by atoms with Crippen LogP contribution in [0, 0.1) is 20.8 Å². The molecule has 0 saturated heterocycles. The molecule has 0 aliphatic rings. The zero-order valence-electron chi connectivity index (χ0n) is 18.3. The molecule has 6 nitrogen and oxygen atoms in total. The first kappa shape index (κ1) is 24.7. The highest BCUT2D eigenvalue weighted by Gasteiger charge is 2.15. The third-order valence-corrected chi connectivity index (χ3v) is 5.77. The van der Waals surface area contributed by atoms with Crippen LogP contribution in [0.2, 0.25) is 0 Å². The van der Waals surface area contributed by atoms with E-state index >= 15 is 0 Å². The first-order valence-electron chi connectivity index (χ1n) is 10.0. The van der Waals surface area contributed by atoms with E-state index in [1.165, 1.54) is 6.21 Å². The summed E-state index contributed by atoms with van der Waals surface area (Å²) in [4.78, 5) is 24.7. The van der Waals surface area contributed by atoms with Crippen LogP contribution in [-0.2, 0) is 4.79 Å². The standard InChI is InChI=1S/C25H22Br2N2O4/c1-15-5-4-6-18(9-15)25(31)33-24-19(11-20(26)12-22(24)27)13-28-29-23(30)14-32-21-8-7-16(2)17(3)10-21/h4-13H,14H2,1-3H3,(H,29,30)/b28-13-. The van der Waals surface area contributed by atoms with Crippen LogP contribution in [0.3, 0.4) is 0 Å². The molecule has 0 aliphatic heterocycles. The number of nitrogens with zero attached hydrogens (tertiary/aromatic N) is 1. The third-order valence-electron chi connectivity index (χ3n) is 4.73. The summed E-state index contributed by atoms with van der Waals surface area (Å²) in [6, 6.07) is 16.2. The first-order chi connectivity index (χ1) is 15.7. The SMILES string of the molecule is Cc1cccc(C(=O)Oc2c(Br)cc(Br)cc2/C=N\NC(=O)COc2ccc(C)c(C)c2)c1. The van der Waals surface area contributed by atoms with E-state index in [4.69, 9.17) is 9.47 Å². The second kappa shape index (κ2) is 11.2. The van der Waals surface area contributed by atoms with Crippen molar-refractivity contribution in [2.24, 2.45) is 5.10 Å². The third kappa shape index (κ3) is 7.00. The van der Waals surface area contributed by atoms with Crippen LogP contribution in [0.25, 0.3) is 0 Å². The highest BCUT2D eigenvalue weighted by atomic mass is 79.9. The van der Waals surface area contributed by atoms with Crippen LogP contribution in [0.5, 0.6) is 11.5 Å². The molecule has 170 valence electrons. The molecule has 0 aromatic heterocycles. The van der Waals surface area contributed by atoms with Crippen molar-refractivity contribution in [2.45, 2.75) is 20.8 Å². The molecule has 0 radical (unpaired) electrons. The predicted octanol–water partition coefficient (Wildman–Crippen LogP) is 5.89. The summed E-state index contributed by atoms with van der Waals surface area (Å²) in [6.07, 6.45) is 1.41. The molecule has 0 unspecified atom stereocenters. The number of benzene rings is 3. The molecule has 8 heteroatoms. The molecule has 0 bridgehead atoms. The van der Waals surface area contributed by atoms with E-state index in [0.29, 0.717) is 21.3 Å². The Hall–Kier alpha value is -2.97. The number of ether oxygens (including phenoxy) is 2. The van der Waals surface area contributed by atoms with Crippen molar-refractivity contribution in [3.05, 3.63) is 91.4 Å². The van der Waals surface area contributed by atoms with Gasteiger partial charge in [-0.1, -0.05) is 39.7 Å². The molecule has 0 atom stereocenters. The van der Waals surface area contributed by atoms with Gasteiger partial charge in [0.1, 0.15) is 5.75 Å². The van der Waals surface area contributed by atoms with Gasteiger partial charge in [0.25, 0.3) is 5.91 Å². The average Bonchev–Trinajstić information content (AvgIpc) is 2.76. The molecule has 3 aromatic rings. The minimum Gasteiger partial charge on any atom is -0.484 e. The van der Waals surface area contributed by atoms with Crippen molar-refractivity contribution >= 4 is 50.0 Å². The number of hydrogen-bond acceptors (Lipinski definition) is 5. The van der Waals surface area contributed by atoms with Crippen molar-refractivity contribution in [3.63, 3.8) is 0 Å². The smallest absolute Gasteiger partial charge is 0.343 e. The van der Waals surface area contributed by atoms with E-state index in [-0.39, 0.29) is 12.4 Å². The Bertz CT molecular complexity index is 1230. The van der Waals surface area contributed by atoms with Crippen LogP contribution in [0.1, 0.15) is 32.6 Å². The maximum Gasteiger partial charge on any atom is 0.343 e. The number of aryl methyl sites for hydroxylation is 3. The molecule has 0 spiro atoms. The summed E-state index contributed by atoms with van der Waals surface area (Å²) in [6.45, 7) is 5.70. The number of esters is 1. The van der Waals surface area contributed by atoms with Crippen LogP contribution in [0.4, 0.5) is 0 Å². The predicted molar refractivity (Wildman–Crippen MR) is 135 cm³/mol. The molecule has 1 amide bonds. The lowest BCUT2D eigenvalue weighted by molar-refractivity contribution is -0.123. The monoisotopic (exact) mass is 572 g/mol. The number of nitrogens with one attached hydrogen (secondary N) is 1. The van der Waals surface area contributed by atoms with E-state index in [2.05, 4.69) is 42.4 Å². The molecule has 3 rings (SSSR count). The van der Waals surface area contributed by atoms with Crippen molar-refractivity contribution in [2.75, 3.05) is 6.61 Å². The van der Waals surface area contributed by atoms with Gasteiger partial charge in [0, 0.05) is 10.0 Å². The van der Waals surface area contributed by atoms with Gasteiger partial charge in [-0.05, 0) is 84.2 Å². The Morgan fingerprint density at radius 2 is 1.79 bits per heavy atom. The van der Waals surface area contributed by atoms with Gasteiger partial charge < -0.3 is 9.47 Å². The second-order valence-electron chi connectivity index (χ2n) is 7.39. The first-order valence-corrected chi connectivity index (χ1v) is 11.6. The van der Waals surface area contributed by atoms with Gasteiger partial charge in [-0.25, -0.2) is 10.2 Å². The number of hydrogen-bond donors (Lipinski definition) is 1. The second-order valence-corrected chi connectivity index (χ2v) is 9.16. The quantitative estimate of drug-likeness (QED) is 0.166. The number of carbonyl (C=O) groups is 2. The molecule has 0 aliphatic carbocycles. The maximum absolute atomic E-state index is 12.6. The van der Waals surface area contributed by atoms with Crippen LogP contribution in [0.15, 0.2) is 68.6 Å². The van der Waals surface area contributed by atoms with Crippen LogP contribution < -0.4 is 14.9 Å². The Kier molecular flexibility index (Phi) is 8.41. The fourth-order valence-electron chi connectivity index (χ4n) is 2.87. The highest BCUT2D eigenvalue weighted by molar-refractivity contribution is 9.11. The normalized spacial score (nSPS) is 10.8. The molecular formula is C25H22Br2N2O4. The summed E-state index contributed by atoms with van der Waals surface area (Å²) in [5.74, 6) is -0.0216. The fourth-order valence-corrected chi connectivity index (χ4v) is 4.21. The zero-order valence-corrected chi connectivity index (χ0v) is 21.5. The summed E-state index contributed by atoms with van der Waals surface area (Å²) < 4.78 is 12.4. The Morgan fingerprint density at radius 1 is 1.00 bits per heavy atom. The molecule has 3 aromatic carbocycles. The number of carbonyl (C=O) groups excluding carboxylic acids is 2. The number of amides is 1. The lowest BCUT2D eigenvalue weighted by Gasteiger charge is -2.11. The van der Waals surface area contributed by atoms with Crippen LogP contribution >= 0.6 is 31.9 Å². The van der Waals surface area contributed by atoms with Crippen molar-refractivity contribution in [1.82, 2.24) is 5.43 Å². The molecule has 0 heterocycles. The van der Waals surface area contributed by atoms with Crippen molar-refractivity contribution in [1.29, 1.82) is 0 Å². The van der Waals surface area contributed by atoms with Crippen molar-refractivity contribution in [3.8, 4) is 11.5 Å². The topological polar surface area (TPSA) is 77.0 Å². The maximum atomic E-state index is 12.6. The summed E-state index contributed by atoms with van der Waals surface area (Å²) in [5.41, 5.74) is 6.53. The van der Waals surface area contributed by atoms with Crippen molar-refractivity contribution < 1.29 is 19.1 Å².